The van der Waals surface area contributed by atoms with E-state index in [4.69, 9.17) is 14.1 Å². The number of carbonyl (C=O) groups is 1. The number of methoxy groups -OCH3 is 1. The number of para-hydroxylation sites is 2. The number of nitrogens with one attached hydrogen (secondary N) is 1. The Morgan fingerprint density at radius 1 is 1.14 bits per heavy atom. The van der Waals surface area contributed by atoms with Crippen molar-refractivity contribution in [3.63, 3.8) is 0 Å². The molecule has 6 heteroatoms. The summed E-state index contributed by atoms with van der Waals surface area (Å²) in [5.74, 6) is 0.365. The van der Waals surface area contributed by atoms with Crippen LogP contribution in [-0.2, 0) is 0 Å². The van der Waals surface area contributed by atoms with Gasteiger partial charge in [-0.1, -0.05) is 30.3 Å². The van der Waals surface area contributed by atoms with E-state index >= 15 is 0 Å². The molecule has 0 aliphatic heterocycles. The average molecular weight is 371 g/mol. The predicted octanol–water partition coefficient (Wildman–Crippen LogP) is 4.27. The maximum absolute atomic E-state index is 12.8. The molecule has 28 heavy (non-hydrogen) atoms. The number of pyridine rings is 1. The fourth-order valence-electron chi connectivity index (χ4n) is 2.93. The van der Waals surface area contributed by atoms with Gasteiger partial charge in [-0.2, -0.15) is 5.10 Å². The lowest BCUT2D eigenvalue weighted by Crippen LogP contribution is -2.18. The molecule has 0 fully saturated rings. The van der Waals surface area contributed by atoms with Gasteiger partial charge in [-0.25, -0.2) is 10.4 Å². The Balaban J connectivity index is 1.75. The first kappa shape index (κ1) is 17.5. The molecule has 0 saturated heterocycles. The molecule has 2 aromatic heterocycles. The zero-order valence-corrected chi connectivity index (χ0v) is 15.1. The summed E-state index contributed by atoms with van der Waals surface area (Å²) in [7, 11) is 1.61. The zero-order valence-electron chi connectivity index (χ0n) is 15.1. The second-order valence-corrected chi connectivity index (χ2v) is 6.03. The number of amides is 1. The highest BCUT2D eigenvalue weighted by Gasteiger charge is 2.15. The molecule has 0 radical (unpaired) electrons. The van der Waals surface area contributed by atoms with Crippen molar-refractivity contribution in [3.8, 4) is 17.0 Å². The number of hydrazone groups is 1. The van der Waals surface area contributed by atoms with Gasteiger partial charge in [0, 0.05) is 16.5 Å². The van der Waals surface area contributed by atoms with Crippen LogP contribution in [0.5, 0.6) is 5.75 Å². The molecule has 0 bridgehead atoms. The highest BCUT2D eigenvalue weighted by atomic mass is 16.5. The van der Waals surface area contributed by atoms with E-state index in [2.05, 4.69) is 10.5 Å². The van der Waals surface area contributed by atoms with Gasteiger partial charge in [-0.05, 0) is 30.3 Å². The molecule has 0 saturated carbocycles. The maximum Gasteiger partial charge on any atom is 0.272 e. The highest BCUT2D eigenvalue weighted by Crippen LogP contribution is 2.31. The molecule has 0 atom stereocenters. The van der Waals surface area contributed by atoms with Crippen molar-refractivity contribution in [2.24, 2.45) is 5.10 Å². The summed E-state index contributed by atoms with van der Waals surface area (Å²) in [6.07, 6.45) is 4.60. The predicted molar refractivity (Wildman–Crippen MR) is 107 cm³/mol. The molecule has 4 rings (SSSR count). The SMILES string of the molecule is COc1ccccc1-c1cc(C(=O)N/N=C/c2ccoc2)c2ccccc2n1. The maximum atomic E-state index is 12.8. The van der Waals surface area contributed by atoms with Crippen LogP contribution in [0.3, 0.4) is 0 Å². The van der Waals surface area contributed by atoms with E-state index in [1.54, 1.807) is 25.5 Å². The lowest BCUT2D eigenvalue weighted by atomic mass is 10.0. The molecule has 138 valence electrons. The molecular formula is C22H17N3O3. The minimum atomic E-state index is -0.325. The Bertz CT molecular complexity index is 1150. The molecule has 0 spiro atoms. The number of rotatable bonds is 5. The van der Waals surface area contributed by atoms with Crippen molar-refractivity contribution >= 4 is 23.0 Å². The van der Waals surface area contributed by atoms with Crippen LogP contribution >= 0.6 is 0 Å². The van der Waals surface area contributed by atoms with E-state index in [-0.39, 0.29) is 5.91 Å². The van der Waals surface area contributed by atoms with Gasteiger partial charge < -0.3 is 9.15 Å². The van der Waals surface area contributed by atoms with Crippen molar-refractivity contribution in [1.82, 2.24) is 10.4 Å². The smallest absolute Gasteiger partial charge is 0.272 e. The van der Waals surface area contributed by atoms with Crippen LogP contribution in [0.1, 0.15) is 15.9 Å². The average Bonchev–Trinajstić information content (AvgIpc) is 3.26. The van der Waals surface area contributed by atoms with E-state index in [0.717, 1.165) is 22.0 Å². The van der Waals surface area contributed by atoms with E-state index < -0.39 is 0 Å². The fraction of sp³-hybridized carbons (Fsp3) is 0.0455. The first-order valence-electron chi connectivity index (χ1n) is 8.65. The van der Waals surface area contributed by atoms with Crippen molar-refractivity contribution in [2.75, 3.05) is 7.11 Å². The summed E-state index contributed by atoms with van der Waals surface area (Å²) >= 11 is 0. The lowest BCUT2D eigenvalue weighted by Gasteiger charge is -2.11. The van der Waals surface area contributed by atoms with Gasteiger partial charge in [0.25, 0.3) is 5.91 Å². The highest BCUT2D eigenvalue weighted by molar-refractivity contribution is 6.07. The Kier molecular flexibility index (Phi) is 4.84. The van der Waals surface area contributed by atoms with Crippen molar-refractivity contribution in [3.05, 3.63) is 84.3 Å². The summed E-state index contributed by atoms with van der Waals surface area (Å²) in [5.41, 5.74) is 5.99. The van der Waals surface area contributed by atoms with Crippen LogP contribution in [-0.4, -0.2) is 24.2 Å². The third-order valence-corrected chi connectivity index (χ3v) is 4.27. The van der Waals surface area contributed by atoms with Crippen LogP contribution < -0.4 is 10.2 Å². The number of nitrogens with zero attached hydrogens (tertiary/aromatic N) is 2. The number of carbonyl (C=O) groups excluding carboxylic acids is 1. The van der Waals surface area contributed by atoms with E-state index in [0.29, 0.717) is 17.0 Å². The van der Waals surface area contributed by atoms with Crippen molar-refractivity contribution in [1.29, 1.82) is 0 Å². The van der Waals surface area contributed by atoms with Crippen LogP contribution in [0.4, 0.5) is 0 Å². The van der Waals surface area contributed by atoms with E-state index in [1.807, 2.05) is 48.5 Å². The van der Waals surface area contributed by atoms with Gasteiger partial charge in [0.2, 0.25) is 0 Å². The van der Waals surface area contributed by atoms with Crippen LogP contribution in [0.2, 0.25) is 0 Å². The summed E-state index contributed by atoms with van der Waals surface area (Å²) in [5, 5.41) is 4.75. The van der Waals surface area contributed by atoms with Gasteiger partial charge in [-0.3, -0.25) is 4.79 Å². The molecular weight excluding hydrogens is 354 g/mol. The largest absolute Gasteiger partial charge is 0.496 e. The first-order valence-corrected chi connectivity index (χ1v) is 8.65. The number of furan rings is 1. The minimum absolute atomic E-state index is 0.325. The number of fused-ring (bicyclic) bond motifs is 1. The third-order valence-electron chi connectivity index (χ3n) is 4.27. The van der Waals surface area contributed by atoms with Crippen LogP contribution in [0.15, 0.2) is 82.7 Å². The Morgan fingerprint density at radius 2 is 1.96 bits per heavy atom. The molecule has 0 aliphatic carbocycles. The monoisotopic (exact) mass is 371 g/mol. The van der Waals surface area contributed by atoms with Crippen molar-refractivity contribution in [2.45, 2.75) is 0 Å². The number of ether oxygens (including phenoxy) is 1. The second kappa shape index (κ2) is 7.75. The van der Waals surface area contributed by atoms with Gasteiger partial charge >= 0.3 is 0 Å². The molecule has 1 amide bonds. The Hall–Kier alpha value is -3.93. The van der Waals surface area contributed by atoms with E-state index in [1.165, 1.54) is 12.5 Å². The quantitative estimate of drug-likeness (QED) is 0.420. The normalized spacial score (nSPS) is 11.0. The fourth-order valence-corrected chi connectivity index (χ4v) is 2.93. The molecule has 4 aromatic rings. The third kappa shape index (κ3) is 3.48. The van der Waals surface area contributed by atoms with Gasteiger partial charge in [0.1, 0.15) is 5.75 Å². The molecule has 6 nitrogen and oxygen atoms in total. The summed E-state index contributed by atoms with van der Waals surface area (Å²) < 4.78 is 10.4. The number of hydrogen-bond acceptors (Lipinski definition) is 5. The van der Waals surface area contributed by atoms with Gasteiger partial charge in [0.05, 0.1) is 42.6 Å². The summed E-state index contributed by atoms with van der Waals surface area (Å²) in [6.45, 7) is 0. The number of aromatic nitrogens is 1. The molecule has 2 aromatic carbocycles. The number of benzene rings is 2. The Labute approximate surface area is 161 Å². The topological polar surface area (TPSA) is 76.7 Å². The Morgan fingerprint density at radius 3 is 2.79 bits per heavy atom. The molecule has 0 aliphatic rings. The molecule has 0 unspecified atom stereocenters. The van der Waals surface area contributed by atoms with Crippen LogP contribution in [0, 0.1) is 0 Å². The summed E-state index contributed by atoms with van der Waals surface area (Å²) in [4.78, 5) is 17.5. The first-order chi connectivity index (χ1) is 13.8. The summed E-state index contributed by atoms with van der Waals surface area (Å²) in [6, 6.07) is 18.6. The molecule has 2 heterocycles. The van der Waals surface area contributed by atoms with Gasteiger partial charge in [0.15, 0.2) is 0 Å². The minimum Gasteiger partial charge on any atom is -0.496 e. The molecule has 1 N–H and O–H groups in total. The second-order valence-electron chi connectivity index (χ2n) is 6.03. The lowest BCUT2D eigenvalue weighted by molar-refractivity contribution is 0.0956. The van der Waals surface area contributed by atoms with Crippen LogP contribution in [0.25, 0.3) is 22.2 Å². The van der Waals surface area contributed by atoms with Gasteiger partial charge in [-0.15, -0.1) is 0 Å². The zero-order chi connectivity index (χ0) is 19.3. The van der Waals surface area contributed by atoms with Crippen molar-refractivity contribution < 1.29 is 13.9 Å². The number of hydrogen-bond donors (Lipinski definition) is 1. The standard InChI is InChI=1S/C22H17N3O3/c1-27-21-9-5-3-7-17(21)20-12-18(16-6-2-4-8-19(16)24-20)22(26)25-23-13-15-10-11-28-14-15/h2-14H,1H3,(H,25,26)/b23-13+. The van der Waals surface area contributed by atoms with E-state index in [9.17, 15) is 4.79 Å².